The summed E-state index contributed by atoms with van der Waals surface area (Å²) in [5.74, 6) is 0.942. The molecule has 0 bridgehead atoms. The second kappa shape index (κ2) is 8.29. The summed E-state index contributed by atoms with van der Waals surface area (Å²) in [5, 5.41) is 5.02. The van der Waals surface area contributed by atoms with Gasteiger partial charge in [-0.15, -0.1) is 0 Å². The van der Waals surface area contributed by atoms with Gasteiger partial charge < -0.3 is 0 Å². The van der Waals surface area contributed by atoms with Crippen LogP contribution in [0.2, 0.25) is 0 Å². The van der Waals surface area contributed by atoms with E-state index in [-0.39, 0.29) is 21.1 Å². The van der Waals surface area contributed by atoms with E-state index in [2.05, 4.69) is 77.4 Å². The van der Waals surface area contributed by atoms with Crippen molar-refractivity contribution in [2.75, 3.05) is 0 Å². The SMILES string of the molecule is CCC(C)c1nn(C(C)C)c(C(C)C)c1-c1ccc(C)cc1.[Pt]. The van der Waals surface area contributed by atoms with E-state index in [1.807, 2.05) is 0 Å². The smallest absolute Gasteiger partial charge is 0.0734 e. The van der Waals surface area contributed by atoms with E-state index in [0.29, 0.717) is 17.9 Å². The molecule has 0 aliphatic carbocycles. The molecule has 1 unspecified atom stereocenters. The van der Waals surface area contributed by atoms with Crippen LogP contribution in [0.15, 0.2) is 24.3 Å². The molecule has 0 amide bonds. The van der Waals surface area contributed by atoms with Crippen molar-refractivity contribution in [2.24, 2.45) is 0 Å². The Hall–Kier alpha value is -0.882. The number of aromatic nitrogens is 2. The van der Waals surface area contributed by atoms with Gasteiger partial charge in [0.1, 0.15) is 0 Å². The van der Waals surface area contributed by atoms with Crippen molar-refractivity contribution < 1.29 is 21.1 Å². The molecular weight excluding hydrogens is 463 g/mol. The summed E-state index contributed by atoms with van der Waals surface area (Å²) >= 11 is 0. The van der Waals surface area contributed by atoms with Gasteiger partial charge >= 0.3 is 0 Å². The molecule has 1 aromatic heterocycles. The van der Waals surface area contributed by atoms with Crippen molar-refractivity contribution in [3.05, 3.63) is 41.2 Å². The Kier molecular flexibility index (Phi) is 7.26. The molecule has 0 saturated heterocycles. The largest absolute Gasteiger partial charge is 0.266 e. The molecule has 3 heteroatoms. The van der Waals surface area contributed by atoms with Crippen molar-refractivity contribution in [1.82, 2.24) is 9.78 Å². The van der Waals surface area contributed by atoms with Crippen LogP contribution in [0.25, 0.3) is 11.1 Å². The Morgan fingerprint density at radius 3 is 2.00 bits per heavy atom. The van der Waals surface area contributed by atoms with Crippen LogP contribution in [0.3, 0.4) is 0 Å². The third-order valence-electron chi connectivity index (χ3n) is 4.43. The molecule has 130 valence electrons. The minimum Gasteiger partial charge on any atom is -0.266 e. The van der Waals surface area contributed by atoms with Crippen LogP contribution < -0.4 is 0 Å². The van der Waals surface area contributed by atoms with Gasteiger partial charge in [0.05, 0.1) is 5.69 Å². The molecule has 1 heterocycles. The summed E-state index contributed by atoms with van der Waals surface area (Å²) < 4.78 is 2.24. The molecule has 1 aromatic carbocycles. The minimum atomic E-state index is 0. The molecule has 23 heavy (non-hydrogen) atoms. The fraction of sp³-hybridized carbons (Fsp3) is 0.550. The third-order valence-corrected chi connectivity index (χ3v) is 4.43. The van der Waals surface area contributed by atoms with Gasteiger partial charge in [-0.2, -0.15) is 5.10 Å². The Morgan fingerprint density at radius 2 is 1.57 bits per heavy atom. The average molecular weight is 494 g/mol. The van der Waals surface area contributed by atoms with Crippen LogP contribution in [-0.4, -0.2) is 9.78 Å². The minimum absolute atomic E-state index is 0. The van der Waals surface area contributed by atoms with Crippen molar-refractivity contribution in [3.63, 3.8) is 0 Å². The number of hydrogen-bond acceptors (Lipinski definition) is 1. The Bertz CT molecular complexity index is 624. The van der Waals surface area contributed by atoms with Crippen LogP contribution in [-0.2, 0) is 21.1 Å². The maximum absolute atomic E-state index is 5.02. The zero-order valence-electron chi connectivity index (χ0n) is 15.5. The fourth-order valence-corrected chi connectivity index (χ4v) is 2.97. The Morgan fingerprint density at radius 1 is 1.00 bits per heavy atom. The average Bonchev–Trinajstić information content (AvgIpc) is 2.88. The molecule has 1 atom stereocenters. The maximum Gasteiger partial charge on any atom is 0.0734 e. The summed E-state index contributed by atoms with van der Waals surface area (Å²) in [6, 6.07) is 9.28. The van der Waals surface area contributed by atoms with Gasteiger partial charge in [0.2, 0.25) is 0 Å². The van der Waals surface area contributed by atoms with Gasteiger partial charge in [-0.25, -0.2) is 0 Å². The van der Waals surface area contributed by atoms with Crippen LogP contribution in [0.1, 0.15) is 82.8 Å². The zero-order chi connectivity index (χ0) is 16.4. The van der Waals surface area contributed by atoms with Crippen molar-refractivity contribution >= 4 is 0 Å². The van der Waals surface area contributed by atoms with E-state index in [9.17, 15) is 0 Å². The van der Waals surface area contributed by atoms with Gasteiger partial charge in [-0.1, -0.05) is 57.5 Å². The molecule has 0 radical (unpaired) electrons. The van der Waals surface area contributed by atoms with Crippen LogP contribution >= 0.6 is 0 Å². The molecule has 0 fully saturated rings. The molecule has 0 N–H and O–H groups in total. The summed E-state index contributed by atoms with van der Waals surface area (Å²) in [6.07, 6.45) is 1.12. The fourth-order valence-electron chi connectivity index (χ4n) is 2.97. The first-order valence-corrected chi connectivity index (χ1v) is 8.56. The number of aryl methyl sites for hydroxylation is 1. The number of nitrogens with zero attached hydrogens (tertiary/aromatic N) is 2. The molecule has 2 nitrogen and oxygen atoms in total. The Balaban J connectivity index is 0.00000264. The van der Waals surface area contributed by atoms with Gasteiger partial charge in [0, 0.05) is 44.3 Å². The second-order valence-electron chi connectivity index (χ2n) is 7.01. The predicted octanol–water partition coefficient (Wildman–Crippen LogP) is 6.07. The molecule has 0 saturated carbocycles. The molecule has 2 rings (SSSR count). The summed E-state index contributed by atoms with van der Waals surface area (Å²) in [7, 11) is 0. The Labute approximate surface area is 155 Å². The first-order valence-electron chi connectivity index (χ1n) is 8.56. The van der Waals surface area contributed by atoms with Gasteiger partial charge in [0.15, 0.2) is 0 Å². The van der Waals surface area contributed by atoms with E-state index < -0.39 is 0 Å². The first-order chi connectivity index (χ1) is 10.4. The number of rotatable bonds is 5. The second-order valence-corrected chi connectivity index (χ2v) is 7.01. The first kappa shape index (κ1) is 20.2. The quantitative estimate of drug-likeness (QED) is 0.494. The van der Waals surface area contributed by atoms with Gasteiger partial charge in [0.25, 0.3) is 0 Å². The molecular formula is C20H30N2Pt. The molecule has 0 aliphatic rings. The molecule has 2 aromatic rings. The van der Waals surface area contributed by atoms with E-state index >= 15 is 0 Å². The van der Waals surface area contributed by atoms with Crippen LogP contribution in [0.5, 0.6) is 0 Å². The molecule has 0 aliphatic heterocycles. The van der Waals surface area contributed by atoms with Gasteiger partial charge in [-0.3, -0.25) is 4.68 Å². The van der Waals surface area contributed by atoms with Crippen LogP contribution in [0, 0.1) is 6.92 Å². The standard InChI is InChI=1S/C20H30N2.Pt/c1-8-16(7)19-18(17-11-9-15(6)10-12-17)20(13(2)3)22(21-19)14(4)5;/h9-14,16H,8H2,1-7H3;. The molecule has 0 spiro atoms. The van der Waals surface area contributed by atoms with E-state index in [4.69, 9.17) is 5.10 Å². The normalized spacial score (nSPS) is 12.6. The van der Waals surface area contributed by atoms with Crippen molar-refractivity contribution in [2.45, 2.75) is 72.8 Å². The number of hydrogen-bond donors (Lipinski definition) is 0. The van der Waals surface area contributed by atoms with Gasteiger partial charge in [-0.05, 0) is 38.7 Å². The summed E-state index contributed by atoms with van der Waals surface area (Å²) in [5.41, 5.74) is 6.59. The van der Waals surface area contributed by atoms with Crippen LogP contribution in [0.4, 0.5) is 0 Å². The predicted molar refractivity (Wildman–Crippen MR) is 95.6 cm³/mol. The summed E-state index contributed by atoms with van der Waals surface area (Å²) in [6.45, 7) is 15.7. The zero-order valence-corrected chi connectivity index (χ0v) is 17.7. The maximum atomic E-state index is 5.02. The van der Waals surface area contributed by atoms with E-state index in [0.717, 1.165) is 6.42 Å². The topological polar surface area (TPSA) is 17.8 Å². The van der Waals surface area contributed by atoms with E-state index in [1.165, 1.54) is 28.1 Å². The van der Waals surface area contributed by atoms with Crippen molar-refractivity contribution in [1.29, 1.82) is 0 Å². The van der Waals surface area contributed by atoms with Crippen molar-refractivity contribution in [3.8, 4) is 11.1 Å². The summed E-state index contributed by atoms with van der Waals surface area (Å²) in [4.78, 5) is 0. The monoisotopic (exact) mass is 493 g/mol. The van der Waals surface area contributed by atoms with E-state index in [1.54, 1.807) is 0 Å². The number of benzene rings is 1. The third kappa shape index (κ3) is 4.15.